The van der Waals surface area contributed by atoms with Crippen molar-refractivity contribution in [2.45, 2.75) is 52.5 Å². The molecule has 132 valence electrons. The first kappa shape index (κ1) is 22.0. The molecule has 0 saturated carbocycles. The molecule has 1 unspecified atom stereocenters. The molecule has 1 aromatic carbocycles. The number of nitrogens with one attached hydrogen (secondary N) is 2. The lowest BCUT2D eigenvalue weighted by atomic mass is 9.85. The molecule has 4 nitrogen and oxygen atoms in total. The molecule has 0 aliphatic heterocycles. The third-order valence-electron chi connectivity index (χ3n) is 3.84. The average molecular weight is 433 g/mol. The summed E-state index contributed by atoms with van der Waals surface area (Å²) in [6.07, 6.45) is 1.08. The lowest BCUT2D eigenvalue weighted by molar-refractivity contribution is 0.414. The predicted octanol–water partition coefficient (Wildman–Crippen LogP) is 3.94. The summed E-state index contributed by atoms with van der Waals surface area (Å²) in [4.78, 5) is 4.76. The van der Waals surface area contributed by atoms with Crippen molar-refractivity contribution in [3.63, 3.8) is 0 Å². The van der Waals surface area contributed by atoms with Gasteiger partial charge in [0.25, 0.3) is 0 Å². The zero-order chi connectivity index (χ0) is 16.6. The lowest BCUT2D eigenvalue weighted by Gasteiger charge is -2.24. The number of rotatable bonds is 7. The van der Waals surface area contributed by atoms with Gasteiger partial charge < -0.3 is 15.4 Å². The van der Waals surface area contributed by atoms with E-state index < -0.39 is 0 Å². The first-order chi connectivity index (χ1) is 10.4. The van der Waals surface area contributed by atoms with Gasteiger partial charge in [0, 0.05) is 18.0 Å². The normalized spacial score (nSPS) is 13.0. The molecule has 5 heteroatoms. The van der Waals surface area contributed by atoms with Crippen LogP contribution in [0.15, 0.2) is 29.3 Å². The highest BCUT2D eigenvalue weighted by molar-refractivity contribution is 14.0. The van der Waals surface area contributed by atoms with Crippen LogP contribution in [-0.2, 0) is 5.41 Å². The van der Waals surface area contributed by atoms with Crippen molar-refractivity contribution in [1.29, 1.82) is 0 Å². The molecule has 1 atom stereocenters. The molecular formula is C18H32IN3O. The van der Waals surface area contributed by atoms with Crippen molar-refractivity contribution in [3.8, 4) is 5.75 Å². The molecule has 0 aromatic heterocycles. The molecule has 0 aliphatic rings. The van der Waals surface area contributed by atoms with Gasteiger partial charge in [-0.1, -0.05) is 32.9 Å². The molecule has 0 heterocycles. The van der Waals surface area contributed by atoms with Crippen LogP contribution in [0.5, 0.6) is 5.75 Å². The van der Waals surface area contributed by atoms with Gasteiger partial charge in [-0.25, -0.2) is 0 Å². The van der Waals surface area contributed by atoms with Crippen LogP contribution in [0.3, 0.4) is 0 Å². The number of benzene rings is 1. The standard InChI is InChI=1S/C18H31N3O.HI/c1-7-14(3)21-17(19-8-2)20-13-18(4,5)15-9-11-16(22-6)12-10-15;/h9-12,14H,7-8,13H2,1-6H3,(H2,19,20,21);1H. The first-order valence-corrected chi connectivity index (χ1v) is 8.12. The van der Waals surface area contributed by atoms with Gasteiger partial charge in [-0.3, -0.25) is 4.99 Å². The molecule has 0 saturated heterocycles. The molecule has 0 fully saturated rings. The predicted molar refractivity (Wildman–Crippen MR) is 110 cm³/mol. The maximum atomic E-state index is 5.22. The van der Waals surface area contributed by atoms with E-state index in [4.69, 9.17) is 9.73 Å². The molecule has 23 heavy (non-hydrogen) atoms. The lowest BCUT2D eigenvalue weighted by Crippen LogP contribution is -2.42. The Labute approximate surface area is 158 Å². The van der Waals surface area contributed by atoms with Crippen LogP contribution in [0.2, 0.25) is 0 Å². The van der Waals surface area contributed by atoms with Crippen molar-refractivity contribution in [1.82, 2.24) is 10.6 Å². The van der Waals surface area contributed by atoms with Crippen LogP contribution < -0.4 is 15.4 Å². The zero-order valence-electron chi connectivity index (χ0n) is 15.3. The van der Waals surface area contributed by atoms with Gasteiger partial charge in [0.2, 0.25) is 0 Å². The summed E-state index contributed by atoms with van der Waals surface area (Å²) in [7, 11) is 1.69. The molecule has 0 bridgehead atoms. The second-order valence-electron chi connectivity index (χ2n) is 6.26. The van der Waals surface area contributed by atoms with Crippen LogP contribution in [0, 0.1) is 0 Å². The fourth-order valence-electron chi connectivity index (χ4n) is 2.07. The second kappa shape index (κ2) is 10.7. The summed E-state index contributed by atoms with van der Waals surface area (Å²) >= 11 is 0. The van der Waals surface area contributed by atoms with E-state index in [1.165, 1.54) is 5.56 Å². The Bertz CT molecular complexity index is 472. The Hall–Kier alpha value is -0.980. The minimum absolute atomic E-state index is 0. The van der Waals surface area contributed by atoms with Crippen molar-refractivity contribution in [2.75, 3.05) is 20.2 Å². The van der Waals surface area contributed by atoms with Gasteiger partial charge in [0.15, 0.2) is 5.96 Å². The SMILES string of the molecule is CCNC(=NCC(C)(C)c1ccc(OC)cc1)NC(C)CC.I. The number of halogens is 1. The van der Waals surface area contributed by atoms with E-state index in [9.17, 15) is 0 Å². The topological polar surface area (TPSA) is 45.7 Å². The zero-order valence-corrected chi connectivity index (χ0v) is 17.6. The Morgan fingerprint density at radius 2 is 1.83 bits per heavy atom. The number of aliphatic imine (C=N–C) groups is 1. The van der Waals surface area contributed by atoms with Crippen LogP contribution in [0.4, 0.5) is 0 Å². The Balaban J connectivity index is 0.00000484. The third-order valence-corrected chi connectivity index (χ3v) is 3.84. The van der Waals surface area contributed by atoms with Crippen LogP contribution in [0.25, 0.3) is 0 Å². The number of guanidine groups is 1. The molecule has 0 amide bonds. The van der Waals surface area contributed by atoms with Gasteiger partial charge in [0.05, 0.1) is 13.7 Å². The minimum atomic E-state index is -0.0237. The number of ether oxygens (including phenoxy) is 1. The number of hydrogen-bond acceptors (Lipinski definition) is 2. The quantitative estimate of drug-likeness (QED) is 0.389. The van der Waals surface area contributed by atoms with Gasteiger partial charge in [-0.15, -0.1) is 24.0 Å². The van der Waals surface area contributed by atoms with Crippen LogP contribution in [0.1, 0.15) is 46.6 Å². The van der Waals surface area contributed by atoms with E-state index in [-0.39, 0.29) is 29.4 Å². The van der Waals surface area contributed by atoms with Gasteiger partial charge >= 0.3 is 0 Å². The van der Waals surface area contributed by atoms with Crippen molar-refractivity contribution >= 4 is 29.9 Å². The summed E-state index contributed by atoms with van der Waals surface area (Å²) in [5.74, 6) is 1.77. The van der Waals surface area contributed by atoms with Crippen molar-refractivity contribution < 1.29 is 4.74 Å². The summed E-state index contributed by atoms with van der Waals surface area (Å²) in [6, 6.07) is 8.65. The van der Waals surface area contributed by atoms with Gasteiger partial charge in [0.1, 0.15) is 5.75 Å². The second-order valence-corrected chi connectivity index (χ2v) is 6.26. The molecule has 0 aliphatic carbocycles. The molecule has 1 aromatic rings. The molecular weight excluding hydrogens is 401 g/mol. The van der Waals surface area contributed by atoms with E-state index in [2.05, 4.69) is 57.4 Å². The number of hydrogen-bond donors (Lipinski definition) is 2. The number of methoxy groups -OCH3 is 1. The van der Waals surface area contributed by atoms with Gasteiger partial charge in [-0.05, 0) is 38.0 Å². The largest absolute Gasteiger partial charge is 0.497 e. The highest BCUT2D eigenvalue weighted by Crippen LogP contribution is 2.25. The summed E-state index contributed by atoms with van der Waals surface area (Å²) in [5.41, 5.74) is 1.24. The Morgan fingerprint density at radius 3 is 2.30 bits per heavy atom. The van der Waals surface area contributed by atoms with E-state index in [0.717, 1.165) is 31.2 Å². The van der Waals surface area contributed by atoms with E-state index >= 15 is 0 Å². The maximum Gasteiger partial charge on any atom is 0.191 e. The molecule has 0 radical (unpaired) electrons. The van der Waals surface area contributed by atoms with Gasteiger partial charge in [-0.2, -0.15) is 0 Å². The summed E-state index contributed by atoms with van der Waals surface area (Å²) in [6.45, 7) is 12.4. The Morgan fingerprint density at radius 1 is 1.22 bits per heavy atom. The van der Waals surface area contributed by atoms with Crippen molar-refractivity contribution in [2.24, 2.45) is 4.99 Å². The number of nitrogens with zero attached hydrogens (tertiary/aromatic N) is 1. The van der Waals surface area contributed by atoms with Crippen LogP contribution >= 0.6 is 24.0 Å². The fraction of sp³-hybridized carbons (Fsp3) is 0.611. The van der Waals surface area contributed by atoms with Crippen LogP contribution in [-0.4, -0.2) is 32.2 Å². The molecule has 0 spiro atoms. The average Bonchev–Trinajstić information content (AvgIpc) is 2.52. The van der Waals surface area contributed by atoms with E-state index in [1.807, 2.05) is 12.1 Å². The summed E-state index contributed by atoms with van der Waals surface area (Å²) < 4.78 is 5.22. The van der Waals surface area contributed by atoms with E-state index in [0.29, 0.717) is 6.04 Å². The fourth-order valence-corrected chi connectivity index (χ4v) is 2.07. The molecule has 2 N–H and O–H groups in total. The smallest absolute Gasteiger partial charge is 0.191 e. The van der Waals surface area contributed by atoms with E-state index in [1.54, 1.807) is 7.11 Å². The summed E-state index contributed by atoms with van der Waals surface area (Å²) in [5, 5.41) is 6.74. The Kier molecular flexibility index (Phi) is 10.3. The van der Waals surface area contributed by atoms with Crippen molar-refractivity contribution in [3.05, 3.63) is 29.8 Å². The first-order valence-electron chi connectivity index (χ1n) is 8.12. The maximum absolute atomic E-state index is 5.22. The highest BCUT2D eigenvalue weighted by atomic mass is 127. The minimum Gasteiger partial charge on any atom is -0.497 e. The molecule has 1 rings (SSSR count). The third kappa shape index (κ3) is 7.42. The highest BCUT2D eigenvalue weighted by Gasteiger charge is 2.20. The monoisotopic (exact) mass is 433 g/mol.